The molecule has 192 valence electrons. The Labute approximate surface area is 213 Å². The summed E-state index contributed by atoms with van der Waals surface area (Å²) in [6.45, 7) is 1.46. The molecule has 0 bridgehead atoms. The number of aliphatic hydroxyl groups is 1. The van der Waals surface area contributed by atoms with E-state index in [-0.39, 0.29) is 18.3 Å². The van der Waals surface area contributed by atoms with Crippen LogP contribution in [0.4, 0.5) is 0 Å². The van der Waals surface area contributed by atoms with Gasteiger partial charge in [-0.1, -0.05) is 48.5 Å². The first-order chi connectivity index (χ1) is 18.0. The molecule has 2 aliphatic rings. The van der Waals surface area contributed by atoms with Crippen molar-refractivity contribution < 1.29 is 38.1 Å². The monoisotopic (exact) mass is 505 g/mol. The van der Waals surface area contributed by atoms with Gasteiger partial charge in [-0.05, 0) is 30.4 Å². The third-order valence-electron chi connectivity index (χ3n) is 6.15. The Morgan fingerprint density at radius 3 is 2.57 bits per heavy atom. The summed E-state index contributed by atoms with van der Waals surface area (Å²) >= 11 is 0. The van der Waals surface area contributed by atoms with Gasteiger partial charge in [-0.2, -0.15) is 0 Å². The van der Waals surface area contributed by atoms with Gasteiger partial charge in [0.15, 0.2) is 11.5 Å². The molecule has 3 aromatic rings. The Bertz CT molecular complexity index is 1240. The Kier molecular flexibility index (Phi) is 7.47. The van der Waals surface area contributed by atoms with Crippen LogP contribution in [0.3, 0.4) is 0 Å². The number of carbonyl (C=O) groups is 2. The van der Waals surface area contributed by atoms with Gasteiger partial charge in [0, 0.05) is 18.1 Å². The minimum atomic E-state index is -1.16. The molecule has 2 aromatic carbocycles. The van der Waals surface area contributed by atoms with Crippen LogP contribution in [0.2, 0.25) is 0 Å². The molecule has 6 atom stereocenters. The molecule has 5 rings (SSSR count). The molecule has 2 aliphatic heterocycles. The number of benzene rings is 2. The molecule has 37 heavy (non-hydrogen) atoms. The number of furan rings is 1. The van der Waals surface area contributed by atoms with Crippen molar-refractivity contribution in [2.75, 3.05) is 6.61 Å². The predicted molar refractivity (Wildman–Crippen MR) is 131 cm³/mol. The lowest BCUT2D eigenvalue weighted by atomic mass is 9.95. The quantitative estimate of drug-likeness (QED) is 0.371. The highest BCUT2D eigenvalue weighted by Crippen LogP contribution is 2.35. The van der Waals surface area contributed by atoms with E-state index in [4.69, 9.17) is 23.4 Å². The first-order valence-electron chi connectivity index (χ1n) is 11.9. The van der Waals surface area contributed by atoms with E-state index in [0.717, 1.165) is 0 Å². The van der Waals surface area contributed by atoms with E-state index in [9.17, 15) is 14.7 Å². The topological polar surface area (TPSA) is 116 Å². The van der Waals surface area contributed by atoms with Crippen LogP contribution in [0.15, 0.2) is 83.5 Å². The van der Waals surface area contributed by atoms with E-state index in [2.05, 4.69) is 5.32 Å². The van der Waals surface area contributed by atoms with Crippen LogP contribution < -0.4 is 10.1 Å². The number of nitrogens with one attached hydrogen (secondary N) is 1. The van der Waals surface area contributed by atoms with Gasteiger partial charge in [0.05, 0.1) is 12.9 Å². The number of ketones is 1. The molecular weight excluding hydrogens is 478 g/mol. The Balaban J connectivity index is 1.35. The maximum absolute atomic E-state index is 12.5. The maximum Gasteiger partial charge on any atom is 0.223 e. The van der Waals surface area contributed by atoms with E-state index in [1.165, 1.54) is 19.3 Å². The minimum absolute atomic E-state index is 0.118. The number of para-hydroxylation sites is 1. The second-order valence-electron chi connectivity index (χ2n) is 8.76. The molecule has 2 fully saturated rings. The van der Waals surface area contributed by atoms with Gasteiger partial charge >= 0.3 is 0 Å². The van der Waals surface area contributed by atoms with E-state index in [1.807, 2.05) is 12.1 Å². The molecule has 0 aliphatic carbocycles. The molecule has 1 amide bonds. The van der Waals surface area contributed by atoms with E-state index in [1.54, 1.807) is 60.7 Å². The lowest BCUT2D eigenvalue weighted by Crippen LogP contribution is -2.67. The summed E-state index contributed by atoms with van der Waals surface area (Å²) in [6.07, 6.45) is 0.165. The average molecular weight is 506 g/mol. The van der Waals surface area contributed by atoms with Crippen molar-refractivity contribution in [3.63, 3.8) is 0 Å². The number of hydrogen-bond donors (Lipinski definition) is 2. The van der Waals surface area contributed by atoms with Crippen molar-refractivity contribution in [3.05, 3.63) is 96.0 Å². The second kappa shape index (κ2) is 11.1. The molecular formula is C28H27NO8. The number of rotatable bonds is 7. The summed E-state index contributed by atoms with van der Waals surface area (Å²) in [5, 5.41) is 13.9. The normalized spacial score (nSPS) is 27.4. The minimum Gasteiger partial charge on any atom is -0.464 e. The lowest BCUT2D eigenvalue weighted by molar-refractivity contribution is -0.336. The largest absolute Gasteiger partial charge is 0.464 e. The van der Waals surface area contributed by atoms with Gasteiger partial charge < -0.3 is 33.8 Å². The number of carbonyl (C=O) groups excluding carboxylic acids is 2. The third-order valence-corrected chi connectivity index (χ3v) is 6.15. The zero-order chi connectivity index (χ0) is 25.8. The van der Waals surface area contributed by atoms with Crippen molar-refractivity contribution in [1.82, 2.24) is 5.32 Å². The molecule has 0 spiro atoms. The van der Waals surface area contributed by atoms with Gasteiger partial charge in [0.2, 0.25) is 18.5 Å². The second-order valence-corrected chi connectivity index (χ2v) is 8.76. The smallest absolute Gasteiger partial charge is 0.223 e. The lowest BCUT2D eigenvalue weighted by Gasteiger charge is -2.47. The van der Waals surface area contributed by atoms with Gasteiger partial charge in [0.25, 0.3) is 0 Å². The number of fused-ring (bicyclic) bond motifs is 1. The summed E-state index contributed by atoms with van der Waals surface area (Å²) < 4.78 is 29.3. The van der Waals surface area contributed by atoms with Crippen molar-refractivity contribution in [3.8, 4) is 5.75 Å². The zero-order valence-corrected chi connectivity index (χ0v) is 20.1. The molecule has 2 saturated heterocycles. The highest BCUT2D eigenvalue weighted by atomic mass is 16.8. The summed E-state index contributed by atoms with van der Waals surface area (Å²) in [5.74, 6) is 0.361. The Hall–Kier alpha value is -3.76. The number of amides is 1. The summed E-state index contributed by atoms with van der Waals surface area (Å²) in [7, 11) is 0. The van der Waals surface area contributed by atoms with Gasteiger partial charge in [0.1, 0.15) is 30.1 Å². The average Bonchev–Trinajstić information content (AvgIpc) is 3.45. The summed E-state index contributed by atoms with van der Waals surface area (Å²) in [5.41, 5.74) is 1.19. The van der Waals surface area contributed by atoms with E-state index < -0.39 is 36.9 Å². The van der Waals surface area contributed by atoms with Crippen molar-refractivity contribution >= 4 is 17.8 Å². The molecule has 2 N–H and O–H groups in total. The van der Waals surface area contributed by atoms with Crippen LogP contribution in [-0.4, -0.2) is 54.0 Å². The standard InChI is InChI=1S/C28H27NO8/c1-17(30)29-24-25(32)26-23(16-34-27(37-26)22-12-7-15-33-22)36-28(24)35-21-11-6-5-10-19(21)13-14-20(31)18-8-3-2-4-9-18/h2-15,23-28,32H,16H2,1H3,(H,29,30)/b14-13+/t23-,24-,25-,26-,27?,28-/m1/s1. The van der Waals surface area contributed by atoms with Crippen LogP contribution in [0, 0.1) is 0 Å². The number of hydrogen-bond acceptors (Lipinski definition) is 8. The third kappa shape index (κ3) is 5.65. The van der Waals surface area contributed by atoms with Gasteiger partial charge in [-0.3, -0.25) is 9.59 Å². The highest BCUT2D eigenvalue weighted by molar-refractivity contribution is 6.06. The molecule has 1 unspecified atom stereocenters. The first kappa shape index (κ1) is 24.9. The van der Waals surface area contributed by atoms with Crippen LogP contribution in [0.25, 0.3) is 6.08 Å². The predicted octanol–water partition coefficient (Wildman–Crippen LogP) is 3.26. The maximum atomic E-state index is 12.5. The molecule has 3 heterocycles. The molecule has 0 radical (unpaired) electrons. The number of aliphatic hydroxyl groups excluding tert-OH is 1. The highest BCUT2D eigenvalue weighted by Gasteiger charge is 2.51. The molecule has 0 saturated carbocycles. The fourth-order valence-electron chi connectivity index (χ4n) is 4.36. The zero-order valence-electron chi connectivity index (χ0n) is 20.1. The van der Waals surface area contributed by atoms with Crippen LogP contribution in [0.5, 0.6) is 5.75 Å². The fourth-order valence-corrected chi connectivity index (χ4v) is 4.36. The van der Waals surface area contributed by atoms with Crippen molar-refractivity contribution in [2.45, 2.75) is 43.9 Å². The summed E-state index contributed by atoms with van der Waals surface area (Å²) in [4.78, 5) is 24.5. The molecule has 9 nitrogen and oxygen atoms in total. The Morgan fingerprint density at radius 1 is 1.03 bits per heavy atom. The van der Waals surface area contributed by atoms with E-state index >= 15 is 0 Å². The van der Waals surface area contributed by atoms with Crippen LogP contribution >= 0.6 is 0 Å². The van der Waals surface area contributed by atoms with Gasteiger partial charge in [-0.25, -0.2) is 0 Å². The van der Waals surface area contributed by atoms with E-state index in [0.29, 0.717) is 22.6 Å². The summed E-state index contributed by atoms with van der Waals surface area (Å²) in [6, 6.07) is 18.5. The SMILES string of the molecule is CC(=O)N[C@H]1[C@H](Oc2ccccc2/C=C/C(=O)c2ccccc2)O[C@@H]2COC(c3ccco3)O[C@H]2[C@@H]1O. The molecule has 1 aromatic heterocycles. The number of allylic oxidation sites excluding steroid dienone is 1. The number of ether oxygens (including phenoxy) is 4. The van der Waals surface area contributed by atoms with Crippen LogP contribution in [0.1, 0.15) is 34.9 Å². The fraction of sp³-hybridized carbons (Fsp3) is 0.286. The molecule has 9 heteroatoms. The Morgan fingerprint density at radius 2 is 1.81 bits per heavy atom. The van der Waals surface area contributed by atoms with Crippen LogP contribution in [-0.2, 0) is 19.0 Å². The first-order valence-corrected chi connectivity index (χ1v) is 11.9. The van der Waals surface area contributed by atoms with Crippen molar-refractivity contribution in [1.29, 1.82) is 0 Å². The van der Waals surface area contributed by atoms with Crippen molar-refractivity contribution in [2.24, 2.45) is 0 Å². The van der Waals surface area contributed by atoms with Gasteiger partial charge in [-0.15, -0.1) is 0 Å².